The van der Waals surface area contributed by atoms with Gasteiger partial charge in [-0.15, -0.1) is 0 Å². The van der Waals surface area contributed by atoms with Crippen LogP contribution in [0.3, 0.4) is 0 Å². The number of hydrogen-bond acceptors (Lipinski definition) is 14. The number of aliphatic carboxylic acids is 3. The van der Waals surface area contributed by atoms with E-state index < -0.39 is 67.3 Å². The molecule has 0 aliphatic carbocycles. The van der Waals surface area contributed by atoms with Gasteiger partial charge in [-0.25, -0.2) is 0 Å². The molecule has 1 aliphatic rings. The quantitative estimate of drug-likeness (QED) is 0.0685. The molecule has 1 saturated heterocycles. The molecule has 0 aromatic heterocycles. The molecule has 0 unspecified atom stereocenters. The van der Waals surface area contributed by atoms with Crippen LogP contribution in [0.15, 0.2) is 0 Å². The van der Waals surface area contributed by atoms with Crippen LogP contribution in [0.4, 0.5) is 0 Å². The van der Waals surface area contributed by atoms with Crippen LogP contribution in [-0.2, 0) is 33.6 Å². The molecule has 3 N–H and O–H groups in total. The van der Waals surface area contributed by atoms with Crippen molar-refractivity contribution in [2.24, 2.45) is 0 Å². The van der Waals surface area contributed by atoms with Crippen molar-refractivity contribution in [2.75, 3.05) is 98.2 Å². The summed E-state index contributed by atoms with van der Waals surface area (Å²) in [4.78, 5) is 96.2. The number of nitrogens with one attached hydrogen (secondary N) is 3. The van der Waals surface area contributed by atoms with Gasteiger partial charge in [0.2, 0.25) is 23.6 Å². The third-order valence-electron chi connectivity index (χ3n) is 15.2. The molecular weight excluding hydrogens is 1150 g/mol. The molecule has 1 heterocycles. The molecular formula is C60H111GdN8O10. The first-order valence-electron chi connectivity index (χ1n) is 31.3. The zero-order valence-corrected chi connectivity index (χ0v) is 52.3. The first kappa shape index (κ1) is 76.5. The Hall–Kier alpha value is -2.55. The minimum absolute atomic E-state index is 0. The summed E-state index contributed by atoms with van der Waals surface area (Å²) < 4.78 is 0. The Morgan fingerprint density at radius 1 is 0.380 bits per heavy atom. The van der Waals surface area contributed by atoms with E-state index in [2.05, 4.69) is 29.8 Å². The zero-order chi connectivity index (χ0) is 57.4. The molecule has 18 nitrogen and oxygen atoms in total. The van der Waals surface area contributed by atoms with Crippen molar-refractivity contribution in [1.29, 1.82) is 0 Å². The monoisotopic (exact) mass is 1260 g/mol. The summed E-state index contributed by atoms with van der Waals surface area (Å²) in [6.45, 7) is 8.53. The maximum absolute atomic E-state index is 13.6. The molecule has 0 bridgehead atoms. The fraction of sp³-hybridized carbons (Fsp3) is 0.883. The predicted molar refractivity (Wildman–Crippen MR) is 305 cm³/mol. The molecule has 1 radical (unpaired) electrons. The van der Waals surface area contributed by atoms with Crippen molar-refractivity contribution in [1.82, 2.24) is 40.4 Å². The van der Waals surface area contributed by atoms with Crippen LogP contribution in [0.2, 0.25) is 0 Å². The van der Waals surface area contributed by atoms with E-state index >= 15 is 0 Å². The maximum atomic E-state index is 13.6. The van der Waals surface area contributed by atoms with Gasteiger partial charge in [-0.2, -0.15) is 0 Å². The Balaban J connectivity index is 0.0000608. The van der Waals surface area contributed by atoms with Crippen LogP contribution in [0.25, 0.3) is 0 Å². The summed E-state index contributed by atoms with van der Waals surface area (Å²) in [6.07, 6.45) is 40.9. The van der Waals surface area contributed by atoms with E-state index in [0.717, 1.165) is 38.5 Å². The molecule has 0 spiro atoms. The minimum Gasteiger partial charge on any atom is -0.549 e. The Morgan fingerprint density at radius 2 is 0.633 bits per heavy atom. The summed E-state index contributed by atoms with van der Waals surface area (Å²) >= 11 is 0. The van der Waals surface area contributed by atoms with E-state index in [1.807, 2.05) is 4.90 Å². The first-order chi connectivity index (χ1) is 37.6. The number of amides is 4. The summed E-state index contributed by atoms with van der Waals surface area (Å²) in [5.41, 5.74) is 0. The molecule has 1 rings (SSSR count). The number of hydrogen-bond donors (Lipinski definition) is 3. The molecule has 1 fully saturated rings. The molecule has 2 atom stereocenters. The fourth-order valence-electron chi connectivity index (χ4n) is 10.2. The molecule has 79 heavy (non-hydrogen) atoms. The number of carboxylic acids is 3. The SMILES string of the molecule is CCCCCCCCCCCCCCCCCCN(CCCCCCCCCCCCCCCCCC)C(=O)CNC(=O)[C@H](C)NC(=O)[C@H](C)NC(=O)CN1CCN(CC(=O)[O-])CCN(CC(=O)[O-])CCN(CC(=O)[O-])CC1.[Gd+3]. The van der Waals surface area contributed by atoms with Gasteiger partial charge in [0.15, 0.2) is 0 Å². The standard InChI is InChI=1S/C60H114N8O10.Gd/c1-5-7-9-11-13-15-17-19-21-23-25-27-29-31-33-35-37-68(38-36-34-32-30-28-26-24-22-20-18-16-14-12-10-8-6-2)55(70)47-61-59(77)52(3)63-60(78)53(4)62-54(69)48-64-39-41-65(49-56(71)72)43-45-67(51-58(75)76)46-44-66(42-40-64)50-57(73)74;/h52-53H,5-51H2,1-4H3,(H,61,77)(H,62,69)(H,63,78)(H,71,72)(H,73,74)(H,75,76);/q;+3/p-3/t52-,53-;/m0./s1. The third-order valence-corrected chi connectivity index (χ3v) is 15.2. The summed E-state index contributed by atoms with van der Waals surface area (Å²) in [5, 5.41) is 42.5. The molecule has 19 heteroatoms. The van der Waals surface area contributed by atoms with E-state index in [-0.39, 0.29) is 111 Å². The summed E-state index contributed by atoms with van der Waals surface area (Å²) in [6, 6.07) is -2.04. The topological polar surface area (TPSA) is 241 Å². The Kier molecular flexibility index (Phi) is 50.6. The van der Waals surface area contributed by atoms with Gasteiger partial charge in [0.05, 0.1) is 31.0 Å². The summed E-state index contributed by atoms with van der Waals surface area (Å²) in [5.74, 6) is -5.77. The minimum atomic E-state index is -1.32. The van der Waals surface area contributed by atoms with Crippen LogP contribution in [0.5, 0.6) is 0 Å². The van der Waals surface area contributed by atoms with E-state index in [0.29, 0.717) is 13.1 Å². The van der Waals surface area contributed by atoms with Crippen molar-refractivity contribution < 1.29 is 88.8 Å². The van der Waals surface area contributed by atoms with E-state index in [1.54, 1.807) is 19.6 Å². The summed E-state index contributed by atoms with van der Waals surface area (Å²) in [7, 11) is 0. The van der Waals surface area contributed by atoms with Crippen molar-refractivity contribution in [3.05, 3.63) is 0 Å². The first-order valence-corrected chi connectivity index (χ1v) is 31.3. The van der Waals surface area contributed by atoms with E-state index in [4.69, 9.17) is 0 Å². The average Bonchev–Trinajstić information content (AvgIpc) is 3.39. The second-order valence-corrected chi connectivity index (χ2v) is 22.4. The van der Waals surface area contributed by atoms with Gasteiger partial charge in [-0.1, -0.05) is 206 Å². The second-order valence-electron chi connectivity index (χ2n) is 22.4. The van der Waals surface area contributed by atoms with Crippen molar-refractivity contribution in [2.45, 2.75) is 245 Å². The number of carboxylic acid groups (broad SMARTS) is 3. The van der Waals surface area contributed by atoms with Crippen LogP contribution < -0.4 is 31.3 Å². The van der Waals surface area contributed by atoms with Crippen molar-refractivity contribution in [3.63, 3.8) is 0 Å². The Morgan fingerprint density at radius 3 is 0.911 bits per heavy atom. The maximum Gasteiger partial charge on any atom is 3.00 e. The molecule has 459 valence electrons. The normalized spacial score (nSPS) is 15.0. The molecule has 4 amide bonds. The molecule has 0 aromatic carbocycles. The number of carbonyl (C=O) groups excluding carboxylic acids is 7. The number of rotatable bonds is 48. The third kappa shape index (κ3) is 45.6. The van der Waals surface area contributed by atoms with Gasteiger partial charge in [0.1, 0.15) is 12.1 Å². The van der Waals surface area contributed by atoms with Crippen LogP contribution in [0, 0.1) is 39.9 Å². The Labute approximate surface area is 510 Å². The number of nitrogens with zero attached hydrogens (tertiary/aromatic N) is 5. The Bertz CT molecular complexity index is 1530. The van der Waals surface area contributed by atoms with Crippen LogP contribution in [-0.4, -0.2) is 176 Å². The smallest absolute Gasteiger partial charge is 0.549 e. The number of carbonyl (C=O) groups is 7. The number of unbranched alkanes of at least 4 members (excludes halogenated alkanes) is 30. The van der Waals surface area contributed by atoms with E-state index in [1.165, 1.54) is 181 Å². The molecule has 1 aliphatic heterocycles. The van der Waals surface area contributed by atoms with Crippen LogP contribution in [0.1, 0.15) is 233 Å². The van der Waals surface area contributed by atoms with Crippen molar-refractivity contribution >= 4 is 41.5 Å². The van der Waals surface area contributed by atoms with Gasteiger partial charge in [-0.3, -0.25) is 38.8 Å². The van der Waals surface area contributed by atoms with Gasteiger partial charge >= 0.3 is 39.9 Å². The van der Waals surface area contributed by atoms with Gasteiger partial charge in [0.25, 0.3) is 0 Å². The molecule has 0 saturated carbocycles. The zero-order valence-electron chi connectivity index (χ0n) is 50.1. The van der Waals surface area contributed by atoms with Gasteiger partial charge < -0.3 is 50.6 Å². The van der Waals surface area contributed by atoms with Gasteiger partial charge in [0, 0.05) is 85.1 Å². The average molecular weight is 1260 g/mol. The molecule has 0 aromatic rings. The predicted octanol–water partition coefficient (Wildman–Crippen LogP) is 4.93. The van der Waals surface area contributed by atoms with E-state index in [9.17, 15) is 48.9 Å². The second kappa shape index (κ2) is 52.3. The largest absolute Gasteiger partial charge is 3.00 e. The van der Waals surface area contributed by atoms with Gasteiger partial charge in [-0.05, 0) is 26.7 Å². The fourth-order valence-corrected chi connectivity index (χ4v) is 10.2. The van der Waals surface area contributed by atoms with Crippen LogP contribution >= 0.6 is 0 Å². The van der Waals surface area contributed by atoms with Crippen molar-refractivity contribution in [3.8, 4) is 0 Å².